The topological polar surface area (TPSA) is 93.5 Å². The van der Waals surface area contributed by atoms with Gasteiger partial charge < -0.3 is 16.8 Å². The molecule has 0 aliphatic rings. The van der Waals surface area contributed by atoms with Crippen molar-refractivity contribution >= 4 is 17.9 Å². The third kappa shape index (κ3) is 7.59. The van der Waals surface area contributed by atoms with Crippen LogP contribution in [0.25, 0.3) is 6.08 Å². The molecule has 0 saturated heterocycles. The predicted molar refractivity (Wildman–Crippen MR) is 78.4 cm³/mol. The highest BCUT2D eigenvalue weighted by atomic mass is 16.1. The van der Waals surface area contributed by atoms with Crippen molar-refractivity contribution in [3.63, 3.8) is 0 Å². The summed E-state index contributed by atoms with van der Waals surface area (Å²) in [5, 5.41) is 2.80. The number of hydrogen-bond donors (Lipinski definition) is 3. The largest absolute Gasteiger partial charge is 0.370 e. The number of carbonyl (C=O) groups is 1. The number of rotatable bonds is 7. The first-order valence-corrected chi connectivity index (χ1v) is 6.25. The number of hydrogen-bond acceptors (Lipinski definition) is 2. The lowest BCUT2D eigenvalue weighted by Crippen LogP contribution is -2.24. The molecule has 0 aromatic heterocycles. The van der Waals surface area contributed by atoms with Crippen LogP contribution < -0.4 is 16.8 Å². The van der Waals surface area contributed by atoms with Gasteiger partial charge in [0.2, 0.25) is 5.91 Å². The first-order valence-electron chi connectivity index (χ1n) is 6.25. The summed E-state index contributed by atoms with van der Waals surface area (Å²) in [5.41, 5.74) is 11.4. The van der Waals surface area contributed by atoms with Crippen molar-refractivity contribution in [3.05, 3.63) is 42.0 Å². The quantitative estimate of drug-likeness (QED) is 0.294. The smallest absolute Gasteiger partial charge is 0.243 e. The molecule has 0 saturated carbocycles. The molecule has 102 valence electrons. The summed E-state index contributed by atoms with van der Waals surface area (Å²) >= 11 is 0. The van der Waals surface area contributed by atoms with Crippen LogP contribution in [0.1, 0.15) is 18.4 Å². The third-order valence-corrected chi connectivity index (χ3v) is 2.41. The fourth-order valence-corrected chi connectivity index (χ4v) is 1.45. The van der Waals surface area contributed by atoms with Crippen LogP contribution >= 0.6 is 0 Å². The zero-order valence-corrected chi connectivity index (χ0v) is 10.9. The summed E-state index contributed by atoms with van der Waals surface area (Å²) in [4.78, 5) is 15.4. The standard InChI is InChI=1S/C14H20N4O/c15-14(16)18-11-5-4-10-17-13(19)9-8-12-6-2-1-3-7-12/h1-3,6-9H,4-5,10-11H2,(H,17,19)(H4,15,16,18)/b9-8+. The number of nitrogens with one attached hydrogen (secondary N) is 1. The molecule has 0 radical (unpaired) electrons. The van der Waals surface area contributed by atoms with Gasteiger partial charge in [0.05, 0.1) is 0 Å². The minimum atomic E-state index is -0.0920. The molecule has 5 N–H and O–H groups in total. The van der Waals surface area contributed by atoms with Gasteiger partial charge in [0.1, 0.15) is 0 Å². The Morgan fingerprint density at radius 3 is 2.63 bits per heavy atom. The molecule has 0 bridgehead atoms. The SMILES string of the molecule is NC(N)=NCCCCNC(=O)/C=C/c1ccccc1. The van der Waals surface area contributed by atoms with E-state index in [0.29, 0.717) is 13.1 Å². The minimum absolute atomic E-state index is 0.0920. The van der Waals surface area contributed by atoms with Crippen molar-refractivity contribution in [1.82, 2.24) is 5.32 Å². The van der Waals surface area contributed by atoms with E-state index >= 15 is 0 Å². The third-order valence-electron chi connectivity index (χ3n) is 2.41. The van der Waals surface area contributed by atoms with Crippen LogP contribution in [0.4, 0.5) is 0 Å². The summed E-state index contributed by atoms with van der Waals surface area (Å²) in [6.07, 6.45) is 5.02. The zero-order valence-electron chi connectivity index (χ0n) is 10.9. The van der Waals surface area contributed by atoms with Crippen LogP contribution in [0.3, 0.4) is 0 Å². The first-order chi connectivity index (χ1) is 9.18. The predicted octanol–water partition coefficient (Wildman–Crippen LogP) is 0.870. The summed E-state index contributed by atoms with van der Waals surface area (Å²) in [5.74, 6) is 0.0144. The summed E-state index contributed by atoms with van der Waals surface area (Å²) in [6.45, 7) is 1.22. The summed E-state index contributed by atoms with van der Waals surface area (Å²) in [7, 11) is 0. The number of aliphatic imine (C=N–C) groups is 1. The minimum Gasteiger partial charge on any atom is -0.370 e. The Labute approximate surface area is 113 Å². The fraction of sp³-hybridized carbons (Fsp3) is 0.286. The average molecular weight is 260 g/mol. The highest BCUT2D eigenvalue weighted by Crippen LogP contribution is 2.00. The number of benzene rings is 1. The molecule has 1 rings (SSSR count). The molecule has 0 atom stereocenters. The maximum atomic E-state index is 11.5. The van der Waals surface area contributed by atoms with Gasteiger partial charge in [-0.05, 0) is 24.5 Å². The molecule has 1 amide bonds. The Kier molecular flexibility index (Phi) is 6.79. The molecule has 0 unspecified atom stereocenters. The molecule has 1 aromatic rings. The Morgan fingerprint density at radius 1 is 1.21 bits per heavy atom. The van der Waals surface area contributed by atoms with E-state index in [1.807, 2.05) is 30.3 Å². The van der Waals surface area contributed by atoms with Gasteiger partial charge >= 0.3 is 0 Å². The van der Waals surface area contributed by atoms with E-state index in [1.54, 1.807) is 6.08 Å². The van der Waals surface area contributed by atoms with Crippen molar-refractivity contribution in [1.29, 1.82) is 0 Å². The van der Waals surface area contributed by atoms with E-state index in [1.165, 1.54) is 6.08 Å². The number of amides is 1. The van der Waals surface area contributed by atoms with Gasteiger partial charge in [-0.25, -0.2) is 0 Å². The first kappa shape index (κ1) is 14.8. The lowest BCUT2D eigenvalue weighted by molar-refractivity contribution is -0.116. The summed E-state index contributed by atoms with van der Waals surface area (Å²) in [6, 6.07) is 9.69. The molecule has 5 nitrogen and oxygen atoms in total. The lowest BCUT2D eigenvalue weighted by Gasteiger charge is -2.01. The van der Waals surface area contributed by atoms with E-state index in [4.69, 9.17) is 11.5 Å². The molecule has 0 aliphatic heterocycles. The van der Waals surface area contributed by atoms with Crippen molar-refractivity contribution in [2.24, 2.45) is 16.5 Å². The van der Waals surface area contributed by atoms with E-state index in [-0.39, 0.29) is 11.9 Å². The Hall–Kier alpha value is -2.30. The normalized spacial score (nSPS) is 10.3. The van der Waals surface area contributed by atoms with Crippen LogP contribution in [-0.2, 0) is 4.79 Å². The molecule has 1 aromatic carbocycles. The van der Waals surface area contributed by atoms with Gasteiger partial charge in [-0.15, -0.1) is 0 Å². The van der Waals surface area contributed by atoms with E-state index in [0.717, 1.165) is 18.4 Å². The van der Waals surface area contributed by atoms with Crippen LogP contribution in [0, 0.1) is 0 Å². The van der Waals surface area contributed by atoms with Gasteiger partial charge in [-0.1, -0.05) is 30.3 Å². The molecule has 5 heteroatoms. The second kappa shape index (κ2) is 8.74. The number of nitrogens with zero attached hydrogens (tertiary/aromatic N) is 1. The molecule has 0 heterocycles. The van der Waals surface area contributed by atoms with E-state index < -0.39 is 0 Å². The van der Waals surface area contributed by atoms with Crippen LogP contribution in [0.2, 0.25) is 0 Å². The van der Waals surface area contributed by atoms with Crippen LogP contribution in [0.5, 0.6) is 0 Å². The average Bonchev–Trinajstić information content (AvgIpc) is 2.41. The zero-order chi connectivity index (χ0) is 13.9. The molecular weight excluding hydrogens is 240 g/mol. The molecule has 0 aliphatic carbocycles. The number of carbonyl (C=O) groups excluding carboxylic acids is 1. The highest BCUT2D eigenvalue weighted by molar-refractivity contribution is 5.91. The van der Waals surface area contributed by atoms with E-state index in [2.05, 4.69) is 10.3 Å². The van der Waals surface area contributed by atoms with Gasteiger partial charge in [0.25, 0.3) is 0 Å². The molecule has 0 spiro atoms. The van der Waals surface area contributed by atoms with Crippen LogP contribution in [-0.4, -0.2) is 25.0 Å². The monoisotopic (exact) mass is 260 g/mol. The van der Waals surface area contributed by atoms with Gasteiger partial charge in [0.15, 0.2) is 5.96 Å². The molecular formula is C14H20N4O. The highest BCUT2D eigenvalue weighted by Gasteiger charge is 1.94. The number of guanidine groups is 1. The lowest BCUT2D eigenvalue weighted by atomic mass is 10.2. The number of unbranched alkanes of at least 4 members (excludes halogenated alkanes) is 1. The second-order valence-electron chi connectivity index (χ2n) is 4.05. The maximum absolute atomic E-state index is 11.5. The van der Waals surface area contributed by atoms with E-state index in [9.17, 15) is 4.79 Å². The van der Waals surface area contributed by atoms with Crippen molar-refractivity contribution in [3.8, 4) is 0 Å². The Morgan fingerprint density at radius 2 is 1.95 bits per heavy atom. The number of nitrogens with two attached hydrogens (primary N) is 2. The van der Waals surface area contributed by atoms with Gasteiger partial charge in [-0.3, -0.25) is 9.79 Å². The maximum Gasteiger partial charge on any atom is 0.243 e. The second-order valence-corrected chi connectivity index (χ2v) is 4.05. The van der Waals surface area contributed by atoms with Gasteiger partial charge in [0, 0.05) is 19.2 Å². The van der Waals surface area contributed by atoms with Gasteiger partial charge in [-0.2, -0.15) is 0 Å². The molecule has 0 fully saturated rings. The van der Waals surface area contributed by atoms with Crippen molar-refractivity contribution in [2.45, 2.75) is 12.8 Å². The Bertz CT molecular complexity index is 436. The fourth-order valence-electron chi connectivity index (χ4n) is 1.45. The Balaban J connectivity index is 2.15. The van der Waals surface area contributed by atoms with Crippen molar-refractivity contribution < 1.29 is 4.79 Å². The van der Waals surface area contributed by atoms with Crippen LogP contribution in [0.15, 0.2) is 41.4 Å². The summed E-state index contributed by atoms with van der Waals surface area (Å²) < 4.78 is 0. The molecule has 19 heavy (non-hydrogen) atoms. The van der Waals surface area contributed by atoms with Crippen molar-refractivity contribution in [2.75, 3.05) is 13.1 Å².